The van der Waals surface area contributed by atoms with Gasteiger partial charge in [0.25, 0.3) is 0 Å². The van der Waals surface area contributed by atoms with Gasteiger partial charge < -0.3 is 0 Å². The van der Waals surface area contributed by atoms with Gasteiger partial charge in [0.1, 0.15) is 0 Å². The van der Waals surface area contributed by atoms with E-state index in [1.807, 2.05) is 0 Å². The molecule has 1 saturated carbocycles. The summed E-state index contributed by atoms with van der Waals surface area (Å²) in [6.45, 7) is 3.36. The van der Waals surface area contributed by atoms with Crippen molar-refractivity contribution >= 4 is 0 Å². The molecule has 1 aliphatic carbocycles. The van der Waals surface area contributed by atoms with Crippen molar-refractivity contribution in [1.82, 2.24) is 4.90 Å². The van der Waals surface area contributed by atoms with Crippen LogP contribution in [0.5, 0.6) is 0 Å². The maximum atomic E-state index is 8.53. The molecule has 3 rings (SSSR count). The van der Waals surface area contributed by atoms with E-state index in [9.17, 15) is 0 Å². The van der Waals surface area contributed by atoms with Crippen LogP contribution >= 0.6 is 0 Å². The maximum Gasteiger partial charge on any atom is 0.0939 e. The van der Waals surface area contributed by atoms with Crippen LogP contribution in [0.25, 0.3) is 0 Å². The Labute approximate surface area is 95.6 Å². The quantitative estimate of drug-likeness (QED) is 0.624. The Kier molecular flexibility index (Phi) is 2.46. The summed E-state index contributed by atoms with van der Waals surface area (Å²) in [6, 6.07) is 10.6. The van der Waals surface area contributed by atoms with Gasteiger partial charge in [0.05, 0.1) is 6.10 Å². The lowest BCUT2D eigenvalue weighted by Crippen LogP contribution is -2.63. The molecular weight excluding hydrogens is 202 g/mol. The van der Waals surface area contributed by atoms with Crippen LogP contribution in [0.15, 0.2) is 30.3 Å². The van der Waals surface area contributed by atoms with E-state index in [-0.39, 0.29) is 6.10 Å². The number of nitrogens with zero attached hydrogens (tertiary/aromatic N) is 1. The predicted octanol–water partition coefficient (Wildman–Crippen LogP) is 2.14. The van der Waals surface area contributed by atoms with E-state index in [0.717, 1.165) is 32.5 Å². The molecule has 0 unspecified atom stereocenters. The van der Waals surface area contributed by atoms with E-state index in [2.05, 4.69) is 40.1 Å². The molecule has 1 aromatic carbocycles. The van der Waals surface area contributed by atoms with E-state index in [1.165, 1.54) is 5.56 Å². The molecule has 0 amide bonds. The summed E-state index contributed by atoms with van der Waals surface area (Å²) in [6.07, 6.45) is 2.14. The molecule has 3 nitrogen and oxygen atoms in total. The van der Waals surface area contributed by atoms with Gasteiger partial charge in [-0.3, -0.25) is 10.2 Å². The monoisotopic (exact) mass is 219 g/mol. The van der Waals surface area contributed by atoms with Crippen LogP contribution in [0.2, 0.25) is 0 Å². The largest absolute Gasteiger partial charge is 0.298 e. The highest BCUT2D eigenvalue weighted by Gasteiger charge is 2.52. The van der Waals surface area contributed by atoms with E-state index >= 15 is 0 Å². The van der Waals surface area contributed by atoms with Crippen LogP contribution < -0.4 is 0 Å². The van der Waals surface area contributed by atoms with Crippen LogP contribution in [-0.2, 0) is 11.4 Å². The Bertz CT molecular complexity index is 351. The van der Waals surface area contributed by atoms with Crippen molar-refractivity contribution in [2.45, 2.75) is 25.5 Å². The molecule has 3 heteroatoms. The molecule has 86 valence electrons. The normalized spacial score (nSPS) is 24.1. The first-order chi connectivity index (χ1) is 7.80. The first-order valence-electron chi connectivity index (χ1n) is 5.86. The van der Waals surface area contributed by atoms with Crippen molar-refractivity contribution in [1.29, 1.82) is 0 Å². The van der Waals surface area contributed by atoms with Crippen LogP contribution in [-0.4, -0.2) is 29.4 Å². The van der Waals surface area contributed by atoms with Gasteiger partial charge in [-0.05, 0) is 18.4 Å². The molecule has 1 spiro atoms. The van der Waals surface area contributed by atoms with E-state index in [1.54, 1.807) is 0 Å². The van der Waals surface area contributed by atoms with Crippen LogP contribution in [0.1, 0.15) is 18.4 Å². The van der Waals surface area contributed by atoms with Crippen molar-refractivity contribution in [3.05, 3.63) is 35.9 Å². The lowest BCUT2D eigenvalue weighted by atomic mass is 9.62. The summed E-state index contributed by atoms with van der Waals surface area (Å²) >= 11 is 0. The maximum absolute atomic E-state index is 8.53. The minimum atomic E-state index is 0.0962. The molecular formula is C13H17NO2. The summed E-state index contributed by atoms with van der Waals surface area (Å²) in [5.41, 5.74) is 1.84. The Morgan fingerprint density at radius 2 is 1.94 bits per heavy atom. The van der Waals surface area contributed by atoms with Crippen molar-refractivity contribution < 1.29 is 10.1 Å². The second-order valence-corrected chi connectivity index (χ2v) is 5.27. The fourth-order valence-corrected chi connectivity index (χ4v) is 3.09. The number of hydrogen-bond donors (Lipinski definition) is 1. The van der Waals surface area contributed by atoms with Gasteiger partial charge in [-0.1, -0.05) is 30.3 Å². The number of benzene rings is 1. The Morgan fingerprint density at radius 1 is 1.25 bits per heavy atom. The molecule has 0 radical (unpaired) electrons. The number of hydrogen-bond acceptors (Lipinski definition) is 3. The van der Waals surface area contributed by atoms with Gasteiger partial charge in [-0.2, -0.15) is 0 Å². The summed E-state index contributed by atoms with van der Waals surface area (Å²) in [4.78, 5) is 6.81. The zero-order valence-corrected chi connectivity index (χ0v) is 9.30. The van der Waals surface area contributed by atoms with E-state index in [4.69, 9.17) is 5.26 Å². The predicted molar refractivity (Wildman–Crippen MR) is 60.9 cm³/mol. The summed E-state index contributed by atoms with van der Waals surface area (Å²) in [5, 5.41) is 8.53. The highest BCUT2D eigenvalue weighted by molar-refractivity contribution is 5.16. The third-order valence-electron chi connectivity index (χ3n) is 3.84. The molecule has 1 aromatic rings. The molecule has 1 aliphatic heterocycles. The minimum Gasteiger partial charge on any atom is -0.298 e. The van der Waals surface area contributed by atoms with Crippen LogP contribution in [0.3, 0.4) is 0 Å². The topological polar surface area (TPSA) is 32.7 Å². The molecule has 2 fully saturated rings. The highest BCUT2D eigenvalue weighted by atomic mass is 17.1. The standard InChI is InChI=1S/C13H17NO2/c15-16-12-6-13(7-12)9-14(10-13)8-11-4-2-1-3-5-11/h1-5,12,15H,6-10H2. The molecule has 1 saturated heterocycles. The molecule has 1 N–H and O–H groups in total. The average Bonchev–Trinajstić information content (AvgIpc) is 2.21. The first-order valence-corrected chi connectivity index (χ1v) is 5.86. The van der Waals surface area contributed by atoms with Crippen molar-refractivity contribution in [2.75, 3.05) is 13.1 Å². The van der Waals surface area contributed by atoms with Gasteiger partial charge in [0.2, 0.25) is 0 Å². The third kappa shape index (κ3) is 1.75. The van der Waals surface area contributed by atoms with Gasteiger partial charge >= 0.3 is 0 Å². The molecule has 0 aromatic heterocycles. The van der Waals surface area contributed by atoms with Gasteiger partial charge in [-0.15, -0.1) is 0 Å². The minimum absolute atomic E-state index is 0.0962. The van der Waals surface area contributed by atoms with Gasteiger partial charge in [0.15, 0.2) is 0 Å². The summed E-state index contributed by atoms with van der Waals surface area (Å²) in [5.74, 6) is 0. The average molecular weight is 219 g/mol. The van der Waals surface area contributed by atoms with Gasteiger partial charge in [0, 0.05) is 25.0 Å². The molecule has 16 heavy (non-hydrogen) atoms. The van der Waals surface area contributed by atoms with Crippen LogP contribution in [0.4, 0.5) is 0 Å². The number of likely N-dealkylation sites (tertiary alicyclic amines) is 1. The van der Waals surface area contributed by atoms with Crippen LogP contribution in [0, 0.1) is 5.41 Å². The molecule has 1 heterocycles. The fraction of sp³-hybridized carbons (Fsp3) is 0.538. The zero-order chi connectivity index (χ0) is 11.0. The summed E-state index contributed by atoms with van der Waals surface area (Å²) in [7, 11) is 0. The number of rotatable bonds is 3. The Hall–Kier alpha value is -0.900. The first kappa shape index (κ1) is 10.3. The van der Waals surface area contributed by atoms with E-state index < -0.39 is 0 Å². The van der Waals surface area contributed by atoms with E-state index in [0.29, 0.717) is 5.41 Å². The van der Waals surface area contributed by atoms with Gasteiger partial charge in [-0.25, -0.2) is 4.89 Å². The fourth-order valence-electron chi connectivity index (χ4n) is 3.09. The zero-order valence-electron chi connectivity index (χ0n) is 9.30. The molecule has 0 atom stereocenters. The summed E-state index contributed by atoms with van der Waals surface area (Å²) < 4.78 is 0. The molecule has 2 aliphatic rings. The Morgan fingerprint density at radius 3 is 2.56 bits per heavy atom. The Balaban J connectivity index is 1.48. The van der Waals surface area contributed by atoms with Crippen molar-refractivity contribution in [3.63, 3.8) is 0 Å². The smallest absolute Gasteiger partial charge is 0.0939 e. The van der Waals surface area contributed by atoms with Crippen molar-refractivity contribution in [3.8, 4) is 0 Å². The highest BCUT2D eigenvalue weighted by Crippen LogP contribution is 2.49. The second-order valence-electron chi connectivity index (χ2n) is 5.27. The third-order valence-corrected chi connectivity index (χ3v) is 3.84. The molecule has 0 bridgehead atoms. The second kappa shape index (κ2) is 3.84. The SMILES string of the molecule is OOC1CC2(C1)CN(Cc1ccccc1)C2. The van der Waals surface area contributed by atoms with Crippen molar-refractivity contribution in [2.24, 2.45) is 5.41 Å². The lowest BCUT2D eigenvalue weighted by Gasteiger charge is -2.58. The lowest BCUT2D eigenvalue weighted by molar-refractivity contribution is -0.323.